The van der Waals surface area contributed by atoms with Crippen LogP contribution in [0.2, 0.25) is 0 Å². The van der Waals surface area contributed by atoms with Crippen molar-refractivity contribution in [2.75, 3.05) is 7.05 Å². The van der Waals surface area contributed by atoms with Crippen molar-refractivity contribution in [2.45, 2.75) is 26.9 Å². The van der Waals surface area contributed by atoms with Gasteiger partial charge < -0.3 is 0 Å². The van der Waals surface area contributed by atoms with Gasteiger partial charge in [-0.2, -0.15) is 0 Å². The first-order chi connectivity index (χ1) is 11.0. The lowest BCUT2D eigenvalue weighted by molar-refractivity contribution is 0.314. The zero-order chi connectivity index (χ0) is 16.4. The lowest BCUT2D eigenvalue weighted by Crippen LogP contribution is -2.22. The van der Waals surface area contributed by atoms with E-state index < -0.39 is 0 Å². The SMILES string of the molecule is Cc1ccc2nc(CN(C)Cc3ccccc3C)cc(=O)n2c1. The number of aryl methyl sites for hydroxylation is 2. The maximum Gasteiger partial charge on any atom is 0.258 e. The van der Waals surface area contributed by atoms with Crippen LogP contribution < -0.4 is 5.56 Å². The molecule has 0 fully saturated rings. The van der Waals surface area contributed by atoms with Crippen LogP contribution in [0.5, 0.6) is 0 Å². The summed E-state index contributed by atoms with van der Waals surface area (Å²) in [5.41, 5.74) is 5.09. The van der Waals surface area contributed by atoms with E-state index in [1.54, 1.807) is 10.5 Å². The van der Waals surface area contributed by atoms with Gasteiger partial charge in [-0.05, 0) is 43.7 Å². The number of hydrogen-bond acceptors (Lipinski definition) is 3. The molecule has 0 bridgehead atoms. The largest absolute Gasteiger partial charge is 0.296 e. The fourth-order valence-corrected chi connectivity index (χ4v) is 2.75. The Labute approximate surface area is 136 Å². The third-order valence-corrected chi connectivity index (χ3v) is 3.99. The van der Waals surface area contributed by atoms with Crippen molar-refractivity contribution in [2.24, 2.45) is 0 Å². The second kappa shape index (κ2) is 6.34. The standard InChI is InChI=1S/C19H21N3O/c1-14-8-9-18-20-17(10-19(23)22(18)11-14)13-21(3)12-16-7-5-4-6-15(16)2/h4-11H,12-13H2,1-3H3. The average Bonchev–Trinajstić information content (AvgIpc) is 2.50. The second-order valence-corrected chi connectivity index (χ2v) is 6.12. The van der Waals surface area contributed by atoms with Gasteiger partial charge in [0, 0.05) is 25.4 Å². The number of rotatable bonds is 4. The van der Waals surface area contributed by atoms with Crippen LogP contribution in [0.25, 0.3) is 5.65 Å². The fraction of sp³-hybridized carbons (Fsp3) is 0.263. The molecule has 0 saturated heterocycles. The lowest BCUT2D eigenvalue weighted by Gasteiger charge is -2.17. The van der Waals surface area contributed by atoms with Crippen molar-refractivity contribution in [1.82, 2.24) is 14.3 Å². The molecular weight excluding hydrogens is 286 g/mol. The second-order valence-electron chi connectivity index (χ2n) is 6.12. The van der Waals surface area contributed by atoms with E-state index in [1.807, 2.05) is 38.4 Å². The lowest BCUT2D eigenvalue weighted by atomic mass is 10.1. The fourth-order valence-electron chi connectivity index (χ4n) is 2.75. The number of pyridine rings is 1. The third-order valence-electron chi connectivity index (χ3n) is 3.99. The Kier molecular flexibility index (Phi) is 4.26. The summed E-state index contributed by atoms with van der Waals surface area (Å²) in [6.07, 6.45) is 1.82. The summed E-state index contributed by atoms with van der Waals surface area (Å²) < 4.78 is 1.60. The molecule has 0 atom stereocenters. The molecule has 1 aromatic carbocycles. The molecule has 0 N–H and O–H groups in total. The van der Waals surface area contributed by atoms with E-state index in [-0.39, 0.29) is 5.56 Å². The van der Waals surface area contributed by atoms with Gasteiger partial charge in [-0.15, -0.1) is 0 Å². The molecule has 0 unspecified atom stereocenters. The molecule has 0 aliphatic rings. The molecule has 4 nitrogen and oxygen atoms in total. The molecule has 0 radical (unpaired) electrons. The Hall–Kier alpha value is -2.46. The average molecular weight is 307 g/mol. The minimum absolute atomic E-state index is 0.0296. The number of fused-ring (bicyclic) bond motifs is 1. The van der Waals surface area contributed by atoms with Gasteiger partial charge in [0.1, 0.15) is 5.65 Å². The van der Waals surface area contributed by atoms with Crippen molar-refractivity contribution in [3.8, 4) is 0 Å². The van der Waals surface area contributed by atoms with Crippen molar-refractivity contribution in [1.29, 1.82) is 0 Å². The van der Waals surface area contributed by atoms with Crippen LogP contribution in [0, 0.1) is 13.8 Å². The van der Waals surface area contributed by atoms with Crippen LogP contribution >= 0.6 is 0 Å². The van der Waals surface area contributed by atoms with E-state index in [0.717, 1.165) is 17.8 Å². The minimum atomic E-state index is -0.0296. The Morgan fingerprint density at radius 2 is 1.87 bits per heavy atom. The first kappa shape index (κ1) is 15.4. The molecule has 3 aromatic rings. The maximum absolute atomic E-state index is 12.3. The van der Waals surface area contributed by atoms with E-state index in [0.29, 0.717) is 12.2 Å². The molecule has 4 heteroatoms. The molecule has 2 aromatic heterocycles. The van der Waals surface area contributed by atoms with Gasteiger partial charge in [0.15, 0.2) is 0 Å². The topological polar surface area (TPSA) is 37.6 Å². The molecule has 0 spiro atoms. The van der Waals surface area contributed by atoms with Crippen LogP contribution in [0.1, 0.15) is 22.4 Å². The third kappa shape index (κ3) is 3.48. The highest BCUT2D eigenvalue weighted by Gasteiger charge is 2.07. The van der Waals surface area contributed by atoms with Crippen molar-refractivity contribution >= 4 is 5.65 Å². The number of nitrogens with zero attached hydrogens (tertiary/aromatic N) is 3. The predicted octanol–water partition coefficient (Wildman–Crippen LogP) is 2.94. The summed E-state index contributed by atoms with van der Waals surface area (Å²) in [5.74, 6) is 0. The van der Waals surface area contributed by atoms with Gasteiger partial charge in [0.25, 0.3) is 5.56 Å². The van der Waals surface area contributed by atoms with Gasteiger partial charge in [-0.3, -0.25) is 14.1 Å². The zero-order valence-corrected chi connectivity index (χ0v) is 13.8. The molecular formula is C19H21N3O. The monoisotopic (exact) mass is 307 g/mol. The summed E-state index contributed by atoms with van der Waals surface area (Å²) in [7, 11) is 2.05. The number of benzene rings is 1. The van der Waals surface area contributed by atoms with E-state index in [9.17, 15) is 4.79 Å². The Morgan fingerprint density at radius 3 is 2.65 bits per heavy atom. The quantitative estimate of drug-likeness (QED) is 0.744. The normalized spacial score (nSPS) is 11.3. The minimum Gasteiger partial charge on any atom is -0.296 e. The highest BCUT2D eigenvalue weighted by atomic mass is 16.1. The van der Waals surface area contributed by atoms with Gasteiger partial charge in [-0.1, -0.05) is 30.3 Å². The summed E-state index contributed by atoms with van der Waals surface area (Å²) >= 11 is 0. The van der Waals surface area contributed by atoms with E-state index in [1.165, 1.54) is 11.1 Å². The predicted molar refractivity (Wildman–Crippen MR) is 92.5 cm³/mol. The Bertz CT molecular complexity index is 899. The molecule has 23 heavy (non-hydrogen) atoms. The summed E-state index contributed by atoms with van der Waals surface area (Å²) in [6, 6.07) is 13.8. The van der Waals surface area contributed by atoms with Crippen LogP contribution in [0.3, 0.4) is 0 Å². The zero-order valence-electron chi connectivity index (χ0n) is 13.8. The van der Waals surface area contributed by atoms with Crippen LogP contribution in [-0.2, 0) is 13.1 Å². The molecule has 118 valence electrons. The Balaban J connectivity index is 1.82. The summed E-state index contributed by atoms with van der Waals surface area (Å²) in [6.45, 7) is 5.57. The Morgan fingerprint density at radius 1 is 1.09 bits per heavy atom. The molecule has 0 amide bonds. The molecule has 0 saturated carbocycles. The van der Waals surface area contributed by atoms with E-state index in [4.69, 9.17) is 0 Å². The number of aromatic nitrogens is 2. The summed E-state index contributed by atoms with van der Waals surface area (Å²) in [4.78, 5) is 19.0. The van der Waals surface area contributed by atoms with Crippen LogP contribution in [0.4, 0.5) is 0 Å². The van der Waals surface area contributed by atoms with E-state index in [2.05, 4.69) is 35.0 Å². The van der Waals surface area contributed by atoms with Gasteiger partial charge in [-0.25, -0.2) is 4.98 Å². The van der Waals surface area contributed by atoms with Crippen LogP contribution in [-0.4, -0.2) is 21.3 Å². The molecule has 0 aliphatic carbocycles. The first-order valence-corrected chi connectivity index (χ1v) is 7.75. The van der Waals surface area contributed by atoms with Crippen LogP contribution in [0.15, 0.2) is 53.5 Å². The van der Waals surface area contributed by atoms with Crippen molar-refractivity contribution in [3.63, 3.8) is 0 Å². The smallest absolute Gasteiger partial charge is 0.258 e. The van der Waals surface area contributed by atoms with Crippen molar-refractivity contribution < 1.29 is 0 Å². The van der Waals surface area contributed by atoms with E-state index >= 15 is 0 Å². The van der Waals surface area contributed by atoms with Gasteiger partial charge >= 0.3 is 0 Å². The highest BCUT2D eigenvalue weighted by Crippen LogP contribution is 2.11. The van der Waals surface area contributed by atoms with Gasteiger partial charge in [0.05, 0.1) is 5.69 Å². The molecule has 0 aliphatic heterocycles. The first-order valence-electron chi connectivity index (χ1n) is 7.75. The molecule has 2 heterocycles. The maximum atomic E-state index is 12.3. The summed E-state index contributed by atoms with van der Waals surface area (Å²) in [5, 5.41) is 0. The highest BCUT2D eigenvalue weighted by molar-refractivity contribution is 5.40. The van der Waals surface area contributed by atoms with Gasteiger partial charge in [0.2, 0.25) is 0 Å². The molecule has 3 rings (SSSR count). The van der Waals surface area contributed by atoms with Crippen molar-refractivity contribution in [3.05, 3.63) is 81.4 Å². The number of hydrogen-bond donors (Lipinski definition) is 0.